The van der Waals surface area contributed by atoms with E-state index in [1.807, 2.05) is 24.3 Å². The second kappa shape index (κ2) is 5.72. The highest BCUT2D eigenvalue weighted by atomic mass is 16.4. The zero-order chi connectivity index (χ0) is 17.4. The quantitative estimate of drug-likeness (QED) is 0.429. The molecule has 0 aliphatic rings. The molecule has 0 spiro atoms. The number of para-hydroxylation sites is 1. The average molecular weight is 332 g/mol. The molecule has 2 aromatic carbocycles. The Kier molecular flexibility index (Phi) is 3.39. The summed E-state index contributed by atoms with van der Waals surface area (Å²) in [6, 6.07) is 15.7. The van der Waals surface area contributed by atoms with Crippen molar-refractivity contribution in [3.05, 3.63) is 70.6 Å². The standard InChI is InChI=1S/C18H12N4O3/c19-15-11-6-2-3-7-12(11)16(20-15)21-22-17(23)13-9-10-5-1-4-8-14(10)25-18(13)24/h1-9,20H,19H2. The number of nitrogens with two attached hydrogens (primary N) is 1. The van der Waals surface area contributed by atoms with Gasteiger partial charge >= 0.3 is 11.5 Å². The van der Waals surface area contributed by atoms with E-state index in [1.165, 1.54) is 6.07 Å². The molecule has 25 heavy (non-hydrogen) atoms. The van der Waals surface area contributed by atoms with E-state index in [-0.39, 0.29) is 5.56 Å². The van der Waals surface area contributed by atoms with Gasteiger partial charge in [0.15, 0.2) is 5.82 Å². The van der Waals surface area contributed by atoms with Gasteiger partial charge in [-0.3, -0.25) is 4.79 Å². The molecule has 0 atom stereocenters. The number of aromatic amines is 1. The Hall–Kier alpha value is -3.74. The highest BCUT2D eigenvalue weighted by Gasteiger charge is 2.14. The molecule has 0 bridgehead atoms. The van der Waals surface area contributed by atoms with Crippen molar-refractivity contribution in [2.75, 3.05) is 5.73 Å². The van der Waals surface area contributed by atoms with Crippen molar-refractivity contribution in [2.45, 2.75) is 0 Å². The number of amides is 1. The van der Waals surface area contributed by atoms with Crippen LogP contribution in [0.2, 0.25) is 0 Å². The van der Waals surface area contributed by atoms with Crippen molar-refractivity contribution in [3.63, 3.8) is 0 Å². The number of H-pyrrole nitrogens is 1. The van der Waals surface area contributed by atoms with E-state index in [9.17, 15) is 9.59 Å². The predicted molar refractivity (Wildman–Crippen MR) is 94.0 cm³/mol. The maximum atomic E-state index is 12.3. The molecule has 0 aliphatic heterocycles. The molecule has 7 nitrogen and oxygen atoms in total. The van der Waals surface area contributed by atoms with Gasteiger partial charge in [-0.25, -0.2) is 4.79 Å². The van der Waals surface area contributed by atoms with Crippen LogP contribution in [0, 0.1) is 0 Å². The minimum Gasteiger partial charge on any atom is -0.422 e. The number of nitrogen functional groups attached to an aromatic ring is 1. The van der Waals surface area contributed by atoms with Gasteiger partial charge in [-0.2, -0.15) is 0 Å². The Bertz CT molecular complexity index is 1200. The van der Waals surface area contributed by atoms with Crippen molar-refractivity contribution in [1.82, 2.24) is 4.98 Å². The molecule has 2 heterocycles. The first-order valence-electron chi connectivity index (χ1n) is 7.48. The number of carbonyl (C=O) groups is 1. The fourth-order valence-electron chi connectivity index (χ4n) is 2.63. The van der Waals surface area contributed by atoms with Crippen LogP contribution in [0.15, 0.2) is 74.0 Å². The van der Waals surface area contributed by atoms with Gasteiger partial charge in [0.1, 0.15) is 17.0 Å². The monoisotopic (exact) mass is 332 g/mol. The second-order valence-corrected chi connectivity index (χ2v) is 5.42. The summed E-state index contributed by atoms with van der Waals surface area (Å²) in [7, 11) is 0. The molecule has 7 heteroatoms. The molecule has 0 fully saturated rings. The lowest BCUT2D eigenvalue weighted by Gasteiger charge is -1.97. The van der Waals surface area contributed by atoms with Crippen molar-refractivity contribution < 1.29 is 9.21 Å². The van der Waals surface area contributed by atoms with Gasteiger partial charge in [-0.05, 0) is 12.1 Å². The van der Waals surface area contributed by atoms with E-state index in [0.717, 1.165) is 10.8 Å². The molecule has 2 aromatic heterocycles. The van der Waals surface area contributed by atoms with E-state index in [4.69, 9.17) is 10.2 Å². The van der Waals surface area contributed by atoms with Gasteiger partial charge in [-0.1, -0.05) is 42.5 Å². The number of anilines is 1. The van der Waals surface area contributed by atoms with Crippen molar-refractivity contribution in [3.8, 4) is 0 Å². The van der Waals surface area contributed by atoms with Gasteiger partial charge in [0, 0.05) is 16.2 Å². The van der Waals surface area contributed by atoms with Gasteiger partial charge in [0.25, 0.3) is 0 Å². The Balaban J connectivity index is 1.73. The average Bonchev–Trinajstić information content (AvgIpc) is 2.95. The molecule has 0 saturated heterocycles. The topological polar surface area (TPSA) is 114 Å². The van der Waals surface area contributed by atoms with Gasteiger partial charge < -0.3 is 15.1 Å². The molecule has 0 unspecified atom stereocenters. The maximum absolute atomic E-state index is 12.3. The molecule has 122 valence electrons. The molecule has 0 aliphatic carbocycles. The number of fused-ring (bicyclic) bond motifs is 2. The van der Waals surface area contributed by atoms with Crippen LogP contribution >= 0.6 is 0 Å². The molecule has 0 saturated carbocycles. The fourth-order valence-corrected chi connectivity index (χ4v) is 2.63. The summed E-state index contributed by atoms with van der Waals surface area (Å²) in [6.45, 7) is 0. The summed E-state index contributed by atoms with van der Waals surface area (Å²) in [5.74, 6) is 0.00519. The number of benzene rings is 2. The molecule has 0 radical (unpaired) electrons. The number of azo groups is 1. The summed E-state index contributed by atoms with van der Waals surface area (Å²) in [4.78, 5) is 27.1. The normalized spacial score (nSPS) is 11.5. The smallest absolute Gasteiger partial charge is 0.349 e. The van der Waals surface area contributed by atoms with Gasteiger partial charge in [0.2, 0.25) is 0 Å². The molecule has 4 aromatic rings. The first kappa shape index (κ1) is 14.8. The van der Waals surface area contributed by atoms with E-state index >= 15 is 0 Å². The van der Waals surface area contributed by atoms with E-state index in [0.29, 0.717) is 22.6 Å². The van der Waals surface area contributed by atoms with E-state index in [1.54, 1.807) is 24.3 Å². The summed E-state index contributed by atoms with van der Waals surface area (Å²) in [6.07, 6.45) is 0. The first-order chi connectivity index (χ1) is 12.1. The van der Waals surface area contributed by atoms with Crippen molar-refractivity contribution in [2.24, 2.45) is 10.2 Å². The van der Waals surface area contributed by atoms with E-state index in [2.05, 4.69) is 15.2 Å². The fraction of sp³-hybridized carbons (Fsp3) is 0. The Morgan fingerprint density at radius 1 is 1.04 bits per heavy atom. The third kappa shape index (κ3) is 2.57. The van der Waals surface area contributed by atoms with Crippen LogP contribution in [0.25, 0.3) is 21.7 Å². The maximum Gasteiger partial charge on any atom is 0.349 e. The Labute approximate surface area is 140 Å². The molecular weight excluding hydrogens is 320 g/mol. The molecule has 4 rings (SSSR count). The summed E-state index contributed by atoms with van der Waals surface area (Å²) in [5.41, 5.74) is 5.35. The van der Waals surface area contributed by atoms with E-state index < -0.39 is 11.5 Å². The zero-order valence-electron chi connectivity index (χ0n) is 12.9. The molecule has 3 N–H and O–H groups in total. The zero-order valence-corrected chi connectivity index (χ0v) is 12.9. The SMILES string of the molecule is Nc1[nH]c(N=NC(=O)c2cc3ccccc3oc2=O)c2ccccc12. The number of rotatable bonds is 2. The lowest BCUT2D eigenvalue weighted by molar-refractivity contribution is 0.0991. The second-order valence-electron chi connectivity index (χ2n) is 5.42. The number of nitrogens with one attached hydrogen (secondary N) is 1. The Morgan fingerprint density at radius 3 is 2.60 bits per heavy atom. The minimum absolute atomic E-state index is 0.175. The van der Waals surface area contributed by atoms with Crippen LogP contribution < -0.4 is 11.4 Å². The third-order valence-corrected chi connectivity index (χ3v) is 3.84. The van der Waals surface area contributed by atoms with Crippen LogP contribution in [0.4, 0.5) is 11.6 Å². The number of nitrogens with zero attached hydrogens (tertiary/aromatic N) is 2. The summed E-state index contributed by atoms with van der Waals surface area (Å²) < 4.78 is 5.13. The van der Waals surface area contributed by atoms with Gasteiger partial charge in [-0.15, -0.1) is 10.2 Å². The van der Waals surface area contributed by atoms with Crippen LogP contribution in [0.3, 0.4) is 0 Å². The largest absolute Gasteiger partial charge is 0.422 e. The first-order valence-corrected chi connectivity index (χ1v) is 7.48. The number of hydrogen-bond acceptors (Lipinski definition) is 5. The highest BCUT2D eigenvalue weighted by Crippen LogP contribution is 2.30. The van der Waals surface area contributed by atoms with Gasteiger partial charge in [0.05, 0.1) is 0 Å². The molecular formula is C18H12N4O3. The third-order valence-electron chi connectivity index (χ3n) is 3.84. The van der Waals surface area contributed by atoms with Crippen LogP contribution in [-0.4, -0.2) is 10.9 Å². The lowest BCUT2D eigenvalue weighted by atomic mass is 10.2. The Morgan fingerprint density at radius 2 is 1.76 bits per heavy atom. The van der Waals surface area contributed by atoms with Crippen LogP contribution in [0.1, 0.15) is 10.4 Å². The highest BCUT2D eigenvalue weighted by molar-refractivity contribution is 6.00. The van der Waals surface area contributed by atoms with Crippen molar-refractivity contribution in [1.29, 1.82) is 0 Å². The summed E-state index contributed by atoms with van der Waals surface area (Å²) >= 11 is 0. The number of carbonyl (C=O) groups excluding carboxylic acids is 1. The lowest BCUT2D eigenvalue weighted by Crippen LogP contribution is -2.11. The molecule has 1 amide bonds. The summed E-state index contributed by atoms with van der Waals surface area (Å²) in [5, 5.41) is 9.71. The van der Waals surface area contributed by atoms with Crippen molar-refractivity contribution >= 4 is 39.3 Å². The number of aromatic nitrogens is 1. The minimum atomic E-state index is -0.781. The van der Waals surface area contributed by atoms with Crippen LogP contribution in [-0.2, 0) is 0 Å². The number of hydrogen-bond donors (Lipinski definition) is 2. The predicted octanol–water partition coefficient (Wildman–Crippen LogP) is 3.78. The van der Waals surface area contributed by atoms with Crippen LogP contribution in [0.5, 0.6) is 0 Å².